The quantitative estimate of drug-likeness (QED) is 0.623. The lowest BCUT2D eigenvalue weighted by molar-refractivity contribution is 0.414. The molecular formula is C13H18N4OS. The minimum absolute atomic E-state index is 0.0297. The van der Waals surface area contributed by atoms with Crippen LogP contribution < -0.4 is 16.0 Å². The summed E-state index contributed by atoms with van der Waals surface area (Å²) >= 11 is 1.40. The SMILES string of the molecule is CCc1nnsc1C(Cc1cccc(OC)c1)NN. The van der Waals surface area contributed by atoms with Crippen molar-refractivity contribution in [3.8, 4) is 5.75 Å². The van der Waals surface area contributed by atoms with E-state index in [4.69, 9.17) is 10.6 Å². The molecule has 0 aliphatic carbocycles. The molecule has 6 heteroatoms. The second-order valence-electron chi connectivity index (χ2n) is 4.21. The maximum absolute atomic E-state index is 5.68. The number of hydrazine groups is 1. The predicted molar refractivity (Wildman–Crippen MR) is 76.0 cm³/mol. The number of aryl methyl sites for hydroxylation is 1. The fourth-order valence-corrected chi connectivity index (χ4v) is 2.78. The Balaban J connectivity index is 2.19. The van der Waals surface area contributed by atoms with Crippen molar-refractivity contribution in [3.63, 3.8) is 0 Å². The highest BCUT2D eigenvalue weighted by Gasteiger charge is 2.17. The maximum atomic E-state index is 5.68. The van der Waals surface area contributed by atoms with Crippen LogP contribution in [0.4, 0.5) is 0 Å². The van der Waals surface area contributed by atoms with Crippen LogP contribution in [0.2, 0.25) is 0 Å². The van der Waals surface area contributed by atoms with Crippen molar-refractivity contribution < 1.29 is 4.74 Å². The van der Waals surface area contributed by atoms with Gasteiger partial charge in [0.25, 0.3) is 0 Å². The summed E-state index contributed by atoms with van der Waals surface area (Å²) < 4.78 is 9.24. The minimum atomic E-state index is 0.0297. The topological polar surface area (TPSA) is 73.1 Å². The Hall–Kier alpha value is -1.50. The van der Waals surface area contributed by atoms with Crippen molar-refractivity contribution in [2.75, 3.05) is 7.11 Å². The van der Waals surface area contributed by atoms with E-state index in [1.807, 2.05) is 18.2 Å². The van der Waals surface area contributed by atoms with Crippen LogP contribution in [0, 0.1) is 0 Å². The highest BCUT2D eigenvalue weighted by atomic mass is 32.1. The predicted octanol–water partition coefficient (Wildman–Crippen LogP) is 1.86. The second kappa shape index (κ2) is 6.60. The van der Waals surface area contributed by atoms with Gasteiger partial charge >= 0.3 is 0 Å². The molecule has 0 aliphatic heterocycles. The van der Waals surface area contributed by atoms with E-state index in [9.17, 15) is 0 Å². The van der Waals surface area contributed by atoms with E-state index in [1.165, 1.54) is 11.5 Å². The molecule has 0 fully saturated rings. The average Bonchev–Trinajstić information content (AvgIpc) is 2.93. The number of hydrogen-bond acceptors (Lipinski definition) is 6. The molecule has 5 nitrogen and oxygen atoms in total. The van der Waals surface area contributed by atoms with E-state index in [2.05, 4.69) is 28.0 Å². The molecule has 3 N–H and O–H groups in total. The molecule has 0 amide bonds. The van der Waals surface area contributed by atoms with Crippen molar-refractivity contribution in [3.05, 3.63) is 40.4 Å². The number of benzene rings is 1. The second-order valence-corrected chi connectivity index (χ2v) is 5.00. The maximum Gasteiger partial charge on any atom is 0.119 e. The first kappa shape index (κ1) is 13.9. The lowest BCUT2D eigenvalue weighted by atomic mass is 10.0. The molecule has 1 aromatic carbocycles. The van der Waals surface area contributed by atoms with Gasteiger partial charge in [0.05, 0.1) is 23.7 Å². The number of aromatic nitrogens is 2. The number of ether oxygens (including phenoxy) is 1. The Morgan fingerprint density at radius 3 is 3.00 bits per heavy atom. The molecule has 19 heavy (non-hydrogen) atoms. The van der Waals surface area contributed by atoms with Crippen LogP contribution in [-0.2, 0) is 12.8 Å². The highest BCUT2D eigenvalue weighted by molar-refractivity contribution is 7.05. The Kier molecular flexibility index (Phi) is 4.84. The third-order valence-corrected chi connectivity index (χ3v) is 3.89. The molecular weight excluding hydrogens is 260 g/mol. The van der Waals surface area contributed by atoms with Crippen molar-refractivity contribution in [2.45, 2.75) is 25.8 Å². The third kappa shape index (κ3) is 3.28. The zero-order chi connectivity index (χ0) is 13.7. The van der Waals surface area contributed by atoms with Gasteiger partial charge in [-0.2, -0.15) is 0 Å². The normalized spacial score (nSPS) is 12.4. The molecule has 1 atom stereocenters. The van der Waals surface area contributed by atoms with Gasteiger partial charge in [-0.15, -0.1) is 5.10 Å². The summed E-state index contributed by atoms with van der Waals surface area (Å²) in [6.45, 7) is 2.07. The summed E-state index contributed by atoms with van der Waals surface area (Å²) in [5, 5.41) is 4.13. The lowest BCUT2D eigenvalue weighted by Gasteiger charge is -2.15. The fourth-order valence-electron chi connectivity index (χ4n) is 1.99. The van der Waals surface area contributed by atoms with Crippen molar-refractivity contribution >= 4 is 11.5 Å². The Labute approximate surface area is 116 Å². The van der Waals surface area contributed by atoms with Crippen LogP contribution in [0.15, 0.2) is 24.3 Å². The summed E-state index contributed by atoms with van der Waals surface area (Å²) in [6.07, 6.45) is 1.65. The third-order valence-electron chi connectivity index (χ3n) is 3.01. The molecule has 1 aromatic heterocycles. The summed E-state index contributed by atoms with van der Waals surface area (Å²) in [5.41, 5.74) is 5.03. The summed E-state index contributed by atoms with van der Waals surface area (Å²) in [7, 11) is 1.67. The van der Waals surface area contributed by atoms with Crippen molar-refractivity contribution in [1.82, 2.24) is 15.0 Å². The summed E-state index contributed by atoms with van der Waals surface area (Å²) in [4.78, 5) is 1.10. The van der Waals surface area contributed by atoms with Crippen LogP contribution in [-0.4, -0.2) is 16.7 Å². The van der Waals surface area contributed by atoms with E-state index in [0.717, 1.165) is 34.7 Å². The molecule has 0 saturated carbocycles. The first-order chi connectivity index (χ1) is 9.28. The monoisotopic (exact) mass is 278 g/mol. The Morgan fingerprint density at radius 2 is 2.32 bits per heavy atom. The molecule has 0 radical (unpaired) electrons. The molecule has 0 spiro atoms. The zero-order valence-electron chi connectivity index (χ0n) is 11.1. The largest absolute Gasteiger partial charge is 0.497 e. The smallest absolute Gasteiger partial charge is 0.119 e. The standard InChI is InChI=1S/C13H18N4OS/c1-3-11-13(19-17-16-11)12(15-14)8-9-5-4-6-10(7-9)18-2/h4-7,12,15H,3,8,14H2,1-2H3. The van der Waals surface area contributed by atoms with Crippen LogP contribution in [0.3, 0.4) is 0 Å². The number of methoxy groups -OCH3 is 1. The number of nitrogens with zero attached hydrogens (tertiary/aromatic N) is 2. The van der Waals surface area contributed by atoms with E-state index in [1.54, 1.807) is 7.11 Å². The van der Waals surface area contributed by atoms with Gasteiger partial charge in [-0.1, -0.05) is 23.5 Å². The van der Waals surface area contributed by atoms with Gasteiger partial charge in [-0.25, -0.2) is 0 Å². The van der Waals surface area contributed by atoms with Crippen LogP contribution in [0.5, 0.6) is 5.75 Å². The molecule has 1 unspecified atom stereocenters. The number of nitrogens with two attached hydrogens (primary N) is 1. The molecule has 0 saturated heterocycles. The molecule has 2 aromatic rings. The lowest BCUT2D eigenvalue weighted by Crippen LogP contribution is -2.29. The van der Waals surface area contributed by atoms with Gasteiger partial charge in [-0.05, 0) is 42.1 Å². The fraction of sp³-hybridized carbons (Fsp3) is 0.385. The summed E-state index contributed by atoms with van der Waals surface area (Å²) in [5.74, 6) is 6.53. The van der Waals surface area contributed by atoms with Crippen LogP contribution >= 0.6 is 11.5 Å². The van der Waals surface area contributed by atoms with Gasteiger partial charge in [-0.3, -0.25) is 11.3 Å². The Bertz CT molecular complexity index is 529. The zero-order valence-corrected chi connectivity index (χ0v) is 11.9. The van der Waals surface area contributed by atoms with Crippen LogP contribution in [0.25, 0.3) is 0 Å². The molecule has 102 valence electrons. The van der Waals surface area contributed by atoms with Gasteiger partial charge < -0.3 is 4.74 Å². The number of nitrogens with one attached hydrogen (secondary N) is 1. The van der Waals surface area contributed by atoms with Crippen LogP contribution in [0.1, 0.15) is 29.1 Å². The minimum Gasteiger partial charge on any atom is -0.497 e. The number of hydrogen-bond donors (Lipinski definition) is 2. The van der Waals surface area contributed by atoms with Crippen molar-refractivity contribution in [1.29, 1.82) is 0 Å². The van der Waals surface area contributed by atoms with E-state index >= 15 is 0 Å². The first-order valence-corrected chi connectivity index (χ1v) is 6.96. The van der Waals surface area contributed by atoms with E-state index in [0.29, 0.717) is 0 Å². The van der Waals surface area contributed by atoms with Gasteiger partial charge in [0, 0.05) is 0 Å². The van der Waals surface area contributed by atoms with E-state index in [-0.39, 0.29) is 6.04 Å². The number of rotatable bonds is 6. The average molecular weight is 278 g/mol. The first-order valence-electron chi connectivity index (χ1n) is 6.18. The molecule has 0 aliphatic rings. The van der Waals surface area contributed by atoms with Gasteiger partial charge in [0.1, 0.15) is 5.75 Å². The summed E-state index contributed by atoms with van der Waals surface area (Å²) in [6, 6.07) is 8.02. The molecule has 0 bridgehead atoms. The Morgan fingerprint density at radius 1 is 1.47 bits per heavy atom. The van der Waals surface area contributed by atoms with E-state index < -0.39 is 0 Å². The molecule has 2 rings (SSSR count). The van der Waals surface area contributed by atoms with Gasteiger partial charge in [0.15, 0.2) is 0 Å². The van der Waals surface area contributed by atoms with Crippen molar-refractivity contribution in [2.24, 2.45) is 5.84 Å². The molecule has 1 heterocycles. The highest BCUT2D eigenvalue weighted by Crippen LogP contribution is 2.25. The van der Waals surface area contributed by atoms with Gasteiger partial charge in [0.2, 0.25) is 0 Å².